The number of benzene rings is 1. The molecule has 0 radical (unpaired) electrons. The average Bonchev–Trinajstić information content (AvgIpc) is 2.75. The van der Waals surface area contributed by atoms with Gasteiger partial charge in [0, 0.05) is 6.07 Å². The van der Waals surface area contributed by atoms with Crippen LogP contribution >= 0.6 is 0 Å². The number of H-pyrrole nitrogens is 1. The van der Waals surface area contributed by atoms with Crippen LogP contribution in [0.3, 0.4) is 0 Å². The van der Waals surface area contributed by atoms with Gasteiger partial charge in [-0.25, -0.2) is 19.3 Å². The highest BCUT2D eigenvalue weighted by Gasteiger charge is 2.06. The number of fused-ring (bicyclic) bond motifs is 1. The van der Waals surface area contributed by atoms with Gasteiger partial charge in [0.25, 0.3) is 0 Å². The highest BCUT2D eigenvalue weighted by molar-refractivity contribution is 5.55. The number of nitrogen functional groups attached to an aromatic ring is 1. The molecule has 0 aliphatic rings. The van der Waals surface area contributed by atoms with Crippen LogP contribution in [-0.2, 0) is 0 Å². The van der Waals surface area contributed by atoms with Gasteiger partial charge in [-0.2, -0.15) is 5.10 Å². The molecular weight excluding hydrogens is 246 g/mol. The number of aryl methyl sites for hydroxylation is 1. The van der Waals surface area contributed by atoms with Crippen LogP contribution in [-0.4, -0.2) is 19.6 Å². The maximum absolute atomic E-state index is 11.3. The number of hydrogen-bond acceptors (Lipinski definition) is 5. The zero-order valence-corrected chi connectivity index (χ0v) is 10.1. The molecule has 7 nitrogen and oxygen atoms in total. The van der Waals surface area contributed by atoms with E-state index in [1.807, 2.05) is 19.1 Å². The number of nitrogens with zero attached hydrogens (tertiary/aromatic N) is 3. The SMILES string of the molecule is Cc1ccc(N)c(Oc2cc3n[nH]c(=O)n3cn2)c1. The molecule has 2 aromatic heterocycles. The predicted octanol–water partition coefficient (Wildman–Crippen LogP) is 1.10. The van der Waals surface area contributed by atoms with Crippen LogP contribution in [0.15, 0.2) is 35.4 Å². The summed E-state index contributed by atoms with van der Waals surface area (Å²) in [5.74, 6) is 0.846. The minimum absolute atomic E-state index is 0.323. The van der Waals surface area contributed by atoms with Crippen LogP contribution in [0, 0.1) is 6.92 Å². The lowest BCUT2D eigenvalue weighted by Crippen LogP contribution is -2.09. The Labute approximate surface area is 107 Å². The first-order chi connectivity index (χ1) is 9.13. The van der Waals surface area contributed by atoms with Gasteiger partial charge in [0.2, 0.25) is 5.88 Å². The third kappa shape index (κ3) is 2.01. The fourth-order valence-electron chi connectivity index (χ4n) is 1.69. The number of rotatable bonds is 2. The van der Waals surface area contributed by atoms with Gasteiger partial charge in [-0.3, -0.25) is 0 Å². The summed E-state index contributed by atoms with van der Waals surface area (Å²) in [5, 5.41) is 6.16. The summed E-state index contributed by atoms with van der Waals surface area (Å²) in [6, 6.07) is 7.03. The van der Waals surface area contributed by atoms with E-state index in [9.17, 15) is 4.79 Å². The van der Waals surface area contributed by atoms with Crippen LogP contribution < -0.4 is 16.2 Å². The Kier molecular flexibility index (Phi) is 2.45. The van der Waals surface area contributed by atoms with Gasteiger partial charge in [0.15, 0.2) is 11.4 Å². The number of nitrogens with two attached hydrogens (primary N) is 1. The number of nitrogens with one attached hydrogen (secondary N) is 1. The van der Waals surface area contributed by atoms with Crippen molar-refractivity contribution < 1.29 is 4.74 Å². The van der Waals surface area contributed by atoms with Crippen molar-refractivity contribution in [1.82, 2.24) is 19.6 Å². The summed E-state index contributed by atoms with van der Waals surface area (Å²) in [6.07, 6.45) is 1.35. The highest BCUT2D eigenvalue weighted by atomic mass is 16.5. The van der Waals surface area contributed by atoms with E-state index in [4.69, 9.17) is 10.5 Å². The summed E-state index contributed by atoms with van der Waals surface area (Å²) in [6.45, 7) is 1.94. The lowest BCUT2D eigenvalue weighted by atomic mass is 10.2. The van der Waals surface area contributed by atoms with Crippen LogP contribution in [0.5, 0.6) is 11.6 Å². The van der Waals surface area contributed by atoms with Crippen molar-refractivity contribution in [2.45, 2.75) is 6.92 Å². The number of hydrogen-bond donors (Lipinski definition) is 2. The summed E-state index contributed by atoms with van der Waals surface area (Å²) in [5.41, 5.74) is 7.46. The quantitative estimate of drug-likeness (QED) is 0.670. The molecule has 0 fully saturated rings. The lowest BCUT2D eigenvalue weighted by molar-refractivity contribution is 0.463. The molecule has 3 rings (SSSR count). The van der Waals surface area contributed by atoms with Gasteiger partial charge >= 0.3 is 5.69 Å². The van der Waals surface area contributed by atoms with E-state index in [1.54, 1.807) is 12.1 Å². The minimum atomic E-state index is -0.343. The van der Waals surface area contributed by atoms with Crippen molar-refractivity contribution in [1.29, 1.82) is 0 Å². The van der Waals surface area contributed by atoms with Gasteiger partial charge in [-0.15, -0.1) is 0 Å². The highest BCUT2D eigenvalue weighted by Crippen LogP contribution is 2.27. The van der Waals surface area contributed by atoms with E-state index in [0.717, 1.165) is 5.56 Å². The Morgan fingerprint density at radius 2 is 2.21 bits per heavy atom. The molecule has 3 aromatic rings. The largest absolute Gasteiger partial charge is 0.437 e. The first kappa shape index (κ1) is 11.3. The van der Waals surface area contributed by atoms with Gasteiger partial charge in [-0.05, 0) is 24.6 Å². The summed E-state index contributed by atoms with van der Waals surface area (Å²) >= 11 is 0. The fraction of sp³-hybridized carbons (Fsp3) is 0.0833. The molecule has 1 aromatic carbocycles. The molecule has 0 saturated carbocycles. The van der Waals surface area contributed by atoms with Crippen molar-refractivity contribution in [3.63, 3.8) is 0 Å². The predicted molar refractivity (Wildman–Crippen MR) is 69.3 cm³/mol. The maximum atomic E-state index is 11.3. The number of ether oxygens (including phenoxy) is 1. The average molecular weight is 257 g/mol. The summed E-state index contributed by atoms with van der Waals surface area (Å²) in [4.78, 5) is 15.3. The summed E-state index contributed by atoms with van der Waals surface area (Å²) < 4.78 is 6.89. The molecule has 2 heterocycles. The maximum Gasteiger partial charge on any atom is 0.348 e. The third-order valence-corrected chi connectivity index (χ3v) is 2.67. The molecular formula is C12H11N5O2. The molecule has 0 amide bonds. The van der Waals surface area contributed by atoms with Crippen LogP contribution in [0.4, 0.5) is 5.69 Å². The molecule has 0 aliphatic heterocycles. The van der Waals surface area contributed by atoms with Gasteiger partial charge in [-0.1, -0.05) is 6.07 Å². The van der Waals surface area contributed by atoms with E-state index in [0.29, 0.717) is 23.0 Å². The van der Waals surface area contributed by atoms with Gasteiger partial charge in [0.05, 0.1) is 5.69 Å². The van der Waals surface area contributed by atoms with E-state index >= 15 is 0 Å². The molecule has 0 unspecified atom stereocenters. The molecule has 0 atom stereocenters. The topological polar surface area (TPSA) is 98.3 Å². The zero-order valence-electron chi connectivity index (χ0n) is 10.1. The lowest BCUT2D eigenvalue weighted by Gasteiger charge is -2.08. The first-order valence-corrected chi connectivity index (χ1v) is 5.60. The Balaban J connectivity index is 2.01. The molecule has 7 heteroatoms. The molecule has 0 spiro atoms. The Bertz CT molecular complexity index is 805. The number of anilines is 1. The van der Waals surface area contributed by atoms with E-state index in [2.05, 4.69) is 15.2 Å². The monoisotopic (exact) mass is 257 g/mol. The van der Waals surface area contributed by atoms with Crippen LogP contribution in [0.2, 0.25) is 0 Å². The Morgan fingerprint density at radius 3 is 3.05 bits per heavy atom. The standard InChI is InChI=1S/C12H11N5O2/c1-7-2-3-8(13)9(4-7)19-11-5-10-15-16-12(18)17(10)6-14-11/h2-6H,13H2,1H3,(H,16,18). The Hall–Kier alpha value is -2.83. The van der Waals surface area contributed by atoms with E-state index in [1.165, 1.54) is 10.7 Å². The molecule has 96 valence electrons. The second-order valence-corrected chi connectivity index (χ2v) is 4.13. The molecule has 0 bridgehead atoms. The number of aromatic nitrogens is 4. The fourth-order valence-corrected chi connectivity index (χ4v) is 1.69. The van der Waals surface area contributed by atoms with Gasteiger partial charge < -0.3 is 10.5 Å². The van der Waals surface area contributed by atoms with Crippen molar-refractivity contribution in [2.24, 2.45) is 0 Å². The first-order valence-electron chi connectivity index (χ1n) is 5.60. The van der Waals surface area contributed by atoms with Gasteiger partial charge in [0.1, 0.15) is 6.33 Å². The van der Waals surface area contributed by atoms with E-state index in [-0.39, 0.29) is 5.69 Å². The van der Waals surface area contributed by atoms with Crippen LogP contribution in [0.25, 0.3) is 5.65 Å². The molecule has 3 N–H and O–H groups in total. The van der Waals surface area contributed by atoms with Crippen molar-refractivity contribution in [3.8, 4) is 11.6 Å². The normalized spacial score (nSPS) is 10.8. The number of aromatic amines is 1. The summed E-state index contributed by atoms with van der Waals surface area (Å²) in [7, 11) is 0. The van der Waals surface area contributed by atoms with E-state index < -0.39 is 0 Å². The third-order valence-electron chi connectivity index (χ3n) is 2.67. The second-order valence-electron chi connectivity index (χ2n) is 4.13. The molecule has 19 heavy (non-hydrogen) atoms. The van der Waals surface area contributed by atoms with Crippen molar-refractivity contribution in [3.05, 3.63) is 46.6 Å². The van der Waals surface area contributed by atoms with Crippen molar-refractivity contribution in [2.75, 3.05) is 5.73 Å². The van der Waals surface area contributed by atoms with Crippen LogP contribution in [0.1, 0.15) is 5.56 Å². The zero-order chi connectivity index (χ0) is 13.4. The molecule has 0 aliphatic carbocycles. The minimum Gasteiger partial charge on any atom is -0.437 e. The molecule has 0 saturated heterocycles. The Morgan fingerprint density at radius 1 is 1.37 bits per heavy atom. The smallest absolute Gasteiger partial charge is 0.348 e. The van der Waals surface area contributed by atoms with Crippen molar-refractivity contribution >= 4 is 11.3 Å². The second kappa shape index (κ2) is 4.13.